The summed E-state index contributed by atoms with van der Waals surface area (Å²) in [5.74, 6) is 3.19. The Balaban J connectivity index is 1.89. The summed E-state index contributed by atoms with van der Waals surface area (Å²) in [4.78, 5) is 14.3. The molecule has 156 valence electrons. The molecule has 28 heavy (non-hydrogen) atoms. The lowest BCUT2D eigenvalue weighted by Crippen LogP contribution is -2.38. The van der Waals surface area contributed by atoms with Crippen molar-refractivity contribution in [3.8, 4) is 17.2 Å². The van der Waals surface area contributed by atoms with Crippen LogP contribution in [0.4, 0.5) is 0 Å². The molecule has 1 aromatic carbocycles. The molecule has 1 fully saturated rings. The van der Waals surface area contributed by atoms with Crippen molar-refractivity contribution in [1.29, 1.82) is 0 Å². The van der Waals surface area contributed by atoms with Gasteiger partial charge in [-0.25, -0.2) is 0 Å². The molecule has 1 saturated heterocycles. The standard InChI is InChI=1S/C23H35NO4/c1-7-8-23(4,5)11-19-16(3)18(13-24(19)12-15(2)25)17-9-20(26-6)22-21(10-17)27-14-28-22/h9-10,16,18-19H,7-8,11-14H2,1-6H3. The SMILES string of the molecule is CCCC(C)(C)CC1C(C)C(c2cc(OC)c3c(c2)OCO3)CN1CC(C)=O. The van der Waals surface area contributed by atoms with Crippen LogP contribution in [0.25, 0.3) is 0 Å². The summed E-state index contributed by atoms with van der Waals surface area (Å²) in [6.45, 7) is 12.6. The molecule has 0 N–H and O–H groups in total. The lowest BCUT2D eigenvalue weighted by Gasteiger charge is -2.34. The zero-order valence-electron chi connectivity index (χ0n) is 18.2. The number of hydrogen-bond donors (Lipinski definition) is 0. The maximum absolute atomic E-state index is 11.9. The van der Waals surface area contributed by atoms with E-state index in [2.05, 4.69) is 44.7 Å². The van der Waals surface area contributed by atoms with Crippen LogP contribution in [0.5, 0.6) is 17.2 Å². The fourth-order valence-corrected chi connectivity index (χ4v) is 5.06. The van der Waals surface area contributed by atoms with Gasteiger partial charge in [0.1, 0.15) is 5.78 Å². The number of Topliss-reactive ketones (excluding diaryl/α,β-unsaturated/α-hetero) is 1. The predicted octanol–water partition coefficient (Wildman–Crippen LogP) is 4.63. The van der Waals surface area contributed by atoms with Crippen LogP contribution in [0.2, 0.25) is 0 Å². The lowest BCUT2D eigenvalue weighted by atomic mass is 9.76. The van der Waals surface area contributed by atoms with Crippen molar-refractivity contribution in [1.82, 2.24) is 4.90 Å². The summed E-state index contributed by atoms with van der Waals surface area (Å²) in [6.07, 6.45) is 3.49. The number of methoxy groups -OCH3 is 1. The molecule has 2 aliphatic heterocycles. The molecule has 0 bridgehead atoms. The first kappa shape index (κ1) is 21.0. The molecule has 0 aliphatic carbocycles. The van der Waals surface area contributed by atoms with E-state index in [1.807, 2.05) is 0 Å². The number of likely N-dealkylation sites (tertiary alicyclic amines) is 1. The van der Waals surface area contributed by atoms with E-state index in [9.17, 15) is 4.79 Å². The van der Waals surface area contributed by atoms with E-state index in [-0.39, 0.29) is 18.0 Å². The van der Waals surface area contributed by atoms with E-state index in [0.717, 1.165) is 24.5 Å². The Morgan fingerprint density at radius 2 is 2.07 bits per heavy atom. The number of benzene rings is 1. The van der Waals surface area contributed by atoms with Crippen molar-refractivity contribution in [2.24, 2.45) is 11.3 Å². The second kappa shape index (κ2) is 8.32. The minimum Gasteiger partial charge on any atom is -0.493 e. The fraction of sp³-hybridized carbons (Fsp3) is 0.696. The van der Waals surface area contributed by atoms with Gasteiger partial charge in [-0.1, -0.05) is 34.1 Å². The molecule has 2 aliphatic rings. The van der Waals surface area contributed by atoms with Crippen molar-refractivity contribution < 1.29 is 19.0 Å². The predicted molar refractivity (Wildman–Crippen MR) is 110 cm³/mol. The zero-order valence-corrected chi connectivity index (χ0v) is 18.2. The first-order valence-corrected chi connectivity index (χ1v) is 10.5. The van der Waals surface area contributed by atoms with Crippen molar-refractivity contribution >= 4 is 5.78 Å². The van der Waals surface area contributed by atoms with E-state index in [0.29, 0.717) is 30.2 Å². The van der Waals surface area contributed by atoms with E-state index < -0.39 is 0 Å². The molecule has 3 unspecified atom stereocenters. The average Bonchev–Trinajstić information content (AvgIpc) is 3.20. The van der Waals surface area contributed by atoms with E-state index >= 15 is 0 Å². The third kappa shape index (κ3) is 4.29. The van der Waals surface area contributed by atoms with Gasteiger partial charge >= 0.3 is 0 Å². The molecular formula is C23H35NO4. The quantitative estimate of drug-likeness (QED) is 0.649. The number of ketones is 1. The maximum atomic E-state index is 11.9. The molecule has 2 heterocycles. The number of nitrogens with zero attached hydrogens (tertiary/aromatic N) is 1. The second-order valence-electron chi connectivity index (χ2n) is 9.24. The Bertz CT molecular complexity index is 715. The van der Waals surface area contributed by atoms with Gasteiger partial charge in [-0.15, -0.1) is 0 Å². The fourth-order valence-electron chi connectivity index (χ4n) is 5.06. The molecule has 0 spiro atoms. The van der Waals surface area contributed by atoms with Gasteiger partial charge in [0.05, 0.1) is 13.7 Å². The van der Waals surface area contributed by atoms with Gasteiger partial charge in [0.2, 0.25) is 12.5 Å². The largest absolute Gasteiger partial charge is 0.493 e. The molecule has 3 atom stereocenters. The van der Waals surface area contributed by atoms with Crippen LogP contribution in [-0.2, 0) is 4.79 Å². The van der Waals surface area contributed by atoms with Gasteiger partial charge in [-0.05, 0) is 48.8 Å². The Hall–Kier alpha value is -1.75. The Labute approximate surface area is 169 Å². The molecule has 0 amide bonds. The Morgan fingerprint density at radius 1 is 1.32 bits per heavy atom. The molecular weight excluding hydrogens is 354 g/mol. The minimum atomic E-state index is 0.231. The van der Waals surface area contributed by atoms with Gasteiger partial charge in [0.25, 0.3) is 0 Å². The lowest BCUT2D eigenvalue weighted by molar-refractivity contribution is -0.118. The smallest absolute Gasteiger partial charge is 0.231 e. The third-order valence-corrected chi connectivity index (χ3v) is 6.36. The van der Waals surface area contributed by atoms with Crippen LogP contribution in [-0.4, -0.2) is 43.7 Å². The highest BCUT2D eigenvalue weighted by molar-refractivity contribution is 5.77. The second-order valence-corrected chi connectivity index (χ2v) is 9.24. The van der Waals surface area contributed by atoms with Crippen molar-refractivity contribution in [3.63, 3.8) is 0 Å². The van der Waals surface area contributed by atoms with Gasteiger partial charge in [0, 0.05) is 18.5 Å². The zero-order chi connectivity index (χ0) is 20.5. The van der Waals surface area contributed by atoms with Gasteiger partial charge < -0.3 is 14.2 Å². The first-order valence-electron chi connectivity index (χ1n) is 10.5. The number of hydrogen-bond acceptors (Lipinski definition) is 5. The van der Waals surface area contributed by atoms with Gasteiger partial charge in [-0.2, -0.15) is 0 Å². The van der Waals surface area contributed by atoms with E-state index in [1.165, 1.54) is 18.4 Å². The number of rotatable bonds is 8. The molecule has 0 radical (unpaired) electrons. The molecule has 1 aromatic rings. The minimum absolute atomic E-state index is 0.231. The molecule has 5 nitrogen and oxygen atoms in total. The van der Waals surface area contributed by atoms with Gasteiger partial charge in [-0.3, -0.25) is 9.69 Å². The van der Waals surface area contributed by atoms with Crippen LogP contribution in [0.1, 0.15) is 65.4 Å². The Kier molecular flexibility index (Phi) is 6.23. The van der Waals surface area contributed by atoms with Gasteiger partial charge in [0.15, 0.2) is 11.5 Å². The molecule has 5 heteroatoms. The van der Waals surface area contributed by atoms with Crippen molar-refractivity contribution in [2.75, 3.05) is 27.0 Å². The number of fused-ring (bicyclic) bond motifs is 1. The monoisotopic (exact) mass is 389 g/mol. The number of carbonyl (C=O) groups excluding carboxylic acids is 1. The summed E-state index contributed by atoms with van der Waals surface area (Å²) in [5.41, 5.74) is 1.47. The summed E-state index contributed by atoms with van der Waals surface area (Å²) >= 11 is 0. The van der Waals surface area contributed by atoms with Crippen LogP contribution in [0.15, 0.2) is 12.1 Å². The topological polar surface area (TPSA) is 48.0 Å². The highest BCUT2D eigenvalue weighted by Gasteiger charge is 2.42. The van der Waals surface area contributed by atoms with Crippen LogP contribution in [0.3, 0.4) is 0 Å². The van der Waals surface area contributed by atoms with E-state index in [4.69, 9.17) is 14.2 Å². The summed E-state index contributed by atoms with van der Waals surface area (Å²) in [7, 11) is 1.66. The maximum Gasteiger partial charge on any atom is 0.231 e. The highest BCUT2D eigenvalue weighted by Crippen LogP contribution is 2.48. The summed E-state index contributed by atoms with van der Waals surface area (Å²) in [5, 5.41) is 0. The Morgan fingerprint density at radius 3 is 2.71 bits per heavy atom. The van der Waals surface area contributed by atoms with Crippen molar-refractivity contribution in [3.05, 3.63) is 17.7 Å². The summed E-state index contributed by atoms with van der Waals surface area (Å²) < 4.78 is 16.7. The van der Waals surface area contributed by atoms with Crippen molar-refractivity contribution in [2.45, 2.75) is 65.8 Å². The van der Waals surface area contributed by atoms with Crippen LogP contribution in [0, 0.1) is 11.3 Å². The normalized spacial score (nSPS) is 24.6. The first-order chi connectivity index (χ1) is 13.3. The average molecular weight is 390 g/mol. The summed E-state index contributed by atoms with van der Waals surface area (Å²) in [6, 6.07) is 4.57. The number of ether oxygens (including phenoxy) is 3. The van der Waals surface area contributed by atoms with E-state index in [1.54, 1.807) is 14.0 Å². The highest BCUT2D eigenvalue weighted by atomic mass is 16.7. The number of carbonyl (C=O) groups is 1. The molecule has 0 aromatic heterocycles. The van der Waals surface area contributed by atoms with Crippen LogP contribution < -0.4 is 14.2 Å². The third-order valence-electron chi connectivity index (χ3n) is 6.36. The molecule has 3 rings (SSSR count). The molecule has 0 saturated carbocycles. The van der Waals surface area contributed by atoms with Crippen LogP contribution >= 0.6 is 0 Å².